The number of piperidine rings is 1. The molecule has 0 bridgehead atoms. The second kappa shape index (κ2) is 9.88. The summed E-state index contributed by atoms with van der Waals surface area (Å²) in [5.74, 6) is 2.17. The second-order valence-electron chi connectivity index (χ2n) is 8.99. The predicted octanol–water partition coefficient (Wildman–Crippen LogP) is 4.71. The van der Waals surface area contributed by atoms with Gasteiger partial charge >= 0.3 is 0 Å². The first-order valence-corrected chi connectivity index (χ1v) is 13.0. The Hall–Kier alpha value is -1.71. The lowest BCUT2D eigenvalue weighted by molar-refractivity contribution is 0.102. The minimum Gasteiger partial charge on any atom is -0.395 e. The fourth-order valence-corrected chi connectivity index (χ4v) is 6.47. The number of aliphatic hydroxyl groups is 1. The zero-order chi connectivity index (χ0) is 22.9. The summed E-state index contributed by atoms with van der Waals surface area (Å²) in [5, 5.41) is 15.0. The van der Waals surface area contributed by atoms with Crippen LogP contribution in [0.2, 0.25) is 10.0 Å². The molecule has 2 saturated heterocycles. The summed E-state index contributed by atoms with van der Waals surface area (Å²) in [5.41, 5.74) is 1.68. The zero-order valence-electron chi connectivity index (χ0n) is 18.5. The van der Waals surface area contributed by atoms with Gasteiger partial charge in [-0.3, -0.25) is 0 Å². The Morgan fingerprint density at radius 3 is 2.85 bits per heavy atom. The number of likely N-dealkylation sites (tertiary alicyclic amines) is 1. The van der Waals surface area contributed by atoms with E-state index in [2.05, 4.69) is 32.0 Å². The molecule has 0 spiro atoms. The zero-order valence-corrected chi connectivity index (χ0v) is 20.9. The van der Waals surface area contributed by atoms with Crippen molar-refractivity contribution in [2.75, 3.05) is 49.5 Å². The molecule has 4 heterocycles. The predicted molar refractivity (Wildman–Crippen MR) is 136 cm³/mol. The van der Waals surface area contributed by atoms with Gasteiger partial charge in [0.25, 0.3) is 0 Å². The van der Waals surface area contributed by atoms with Crippen molar-refractivity contribution >= 4 is 55.8 Å². The summed E-state index contributed by atoms with van der Waals surface area (Å²) >= 11 is 14.1. The van der Waals surface area contributed by atoms with E-state index in [1.807, 2.05) is 12.1 Å². The molecule has 0 unspecified atom stereocenters. The van der Waals surface area contributed by atoms with Crippen molar-refractivity contribution in [3.8, 4) is 0 Å². The molecule has 3 aromatic rings. The number of fused-ring (bicyclic) bond motifs is 1. The number of nitrogens with zero attached hydrogens (tertiary/aromatic N) is 5. The fraction of sp³-hybridized carbons (Fsp3) is 0.522. The highest BCUT2D eigenvalue weighted by molar-refractivity contribution is 7.22. The molecule has 0 aliphatic carbocycles. The number of halogens is 2. The summed E-state index contributed by atoms with van der Waals surface area (Å²) in [6.45, 7) is 7.36. The lowest BCUT2D eigenvalue weighted by Crippen LogP contribution is -2.53. The minimum atomic E-state index is -0.0417. The maximum absolute atomic E-state index is 9.26. The maximum Gasteiger partial charge on any atom is 0.188 e. The van der Waals surface area contributed by atoms with Crippen molar-refractivity contribution in [3.63, 3.8) is 0 Å². The van der Waals surface area contributed by atoms with Gasteiger partial charge < -0.3 is 20.2 Å². The van der Waals surface area contributed by atoms with Gasteiger partial charge in [0.1, 0.15) is 16.8 Å². The summed E-state index contributed by atoms with van der Waals surface area (Å²) in [6.07, 6.45) is 4.06. The summed E-state index contributed by atoms with van der Waals surface area (Å²) in [4.78, 5) is 18.4. The van der Waals surface area contributed by atoms with Crippen LogP contribution in [0.15, 0.2) is 24.5 Å². The van der Waals surface area contributed by atoms with Crippen molar-refractivity contribution < 1.29 is 5.11 Å². The topological polar surface area (TPSA) is 77.4 Å². The Morgan fingerprint density at radius 1 is 1.21 bits per heavy atom. The molecule has 5 rings (SSSR count). The number of hydrogen-bond donors (Lipinski definition) is 2. The molecular weight excluding hydrogens is 479 g/mol. The molecule has 0 radical (unpaired) electrons. The van der Waals surface area contributed by atoms with Crippen molar-refractivity contribution in [2.45, 2.75) is 25.8 Å². The monoisotopic (exact) mass is 506 g/mol. The Balaban J connectivity index is 1.27. The average molecular weight is 507 g/mol. The van der Waals surface area contributed by atoms with E-state index in [-0.39, 0.29) is 12.6 Å². The SMILES string of the molecule is C[C@@H](Nc1ncnc2nc(N3CC([C@H]4CCCN(CCO)C4)C3)sc12)c1ccc(Cl)cc1Cl. The second-order valence-corrected chi connectivity index (χ2v) is 10.8. The summed E-state index contributed by atoms with van der Waals surface area (Å²) in [6, 6.07) is 5.50. The van der Waals surface area contributed by atoms with E-state index in [4.69, 9.17) is 28.2 Å². The molecule has 2 aliphatic rings. The highest BCUT2D eigenvalue weighted by Gasteiger charge is 2.37. The van der Waals surface area contributed by atoms with Crippen LogP contribution in [0.25, 0.3) is 10.3 Å². The van der Waals surface area contributed by atoms with Crippen LogP contribution in [0.5, 0.6) is 0 Å². The van der Waals surface area contributed by atoms with E-state index in [0.29, 0.717) is 21.9 Å². The van der Waals surface area contributed by atoms with E-state index >= 15 is 0 Å². The first-order chi connectivity index (χ1) is 16.0. The van der Waals surface area contributed by atoms with Crippen molar-refractivity contribution in [1.29, 1.82) is 0 Å². The highest BCUT2D eigenvalue weighted by Crippen LogP contribution is 2.39. The smallest absolute Gasteiger partial charge is 0.188 e. The van der Waals surface area contributed by atoms with E-state index in [1.165, 1.54) is 12.8 Å². The van der Waals surface area contributed by atoms with Crippen LogP contribution in [0.3, 0.4) is 0 Å². The Labute approximate surface area is 207 Å². The molecule has 33 heavy (non-hydrogen) atoms. The van der Waals surface area contributed by atoms with Gasteiger partial charge in [-0.2, -0.15) is 4.98 Å². The Morgan fingerprint density at radius 2 is 2.06 bits per heavy atom. The third-order valence-corrected chi connectivity index (χ3v) is 8.44. The lowest BCUT2D eigenvalue weighted by atomic mass is 9.81. The molecule has 2 N–H and O–H groups in total. The standard InChI is InChI=1S/C23H28Cl2N6OS/c1-14(18-5-4-17(24)9-19(18)25)28-21-20-22(27-13-26-21)29-23(33-20)31-11-16(12-31)15-3-2-6-30(10-15)7-8-32/h4-5,9,13-16,32H,2-3,6-8,10-12H2,1H3,(H,26,27,28)/t14-,15+/m1/s1. The van der Waals surface area contributed by atoms with E-state index < -0.39 is 0 Å². The number of aliphatic hydroxyl groups excluding tert-OH is 1. The van der Waals surface area contributed by atoms with Gasteiger partial charge in [-0.1, -0.05) is 40.6 Å². The molecule has 2 atom stereocenters. The normalized spacial score (nSPS) is 20.7. The van der Waals surface area contributed by atoms with Gasteiger partial charge in [0.2, 0.25) is 0 Å². The van der Waals surface area contributed by atoms with Gasteiger partial charge in [0.05, 0.1) is 12.6 Å². The fourth-order valence-electron chi connectivity index (χ4n) is 4.90. The van der Waals surface area contributed by atoms with E-state index in [9.17, 15) is 5.11 Å². The number of hydrogen-bond acceptors (Lipinski definition) is 8. The van der Waals surface area contributed by atoms with Crippen LogP contribution in [0, 0.1) is 11.8 Å². The summed E-state index contributed by atoms with van der Waals surface area (Å²) in [7, 11) is 0. The van der Waals surface area contributed by atoms with Gasteiger partial charge in [0, 0.05) is 36.2 Å². The molecule has 1 aromatic carbocycles. The minimum absolute atomic E-state index is 0.0417. The number of rotatable bonds is 7. The molecule has 2 aliphatic heterocycles. The maximum atomic E-state index is 9.26. The van der Waals surface area contributed by atoms with Crippen LogP contribution >= 0.6 is 34.5 Å². The molecule has 7 nitrogen and oxygen atoms in total. The van der Waals surface area contributed by atoms with Crippen LogP contribution in [-0.4, -0.2) is 64.3 Å². The molecule has 0 amide bonds. The number of benzene rings is 1. The molecule has 2 fully saturated rings. The molecular formula is C23H28Cl2N6OS. The highest BCUT2D eigenvalue weighted by atomic mass is 35.5. The molecule has 176 valence electrons. The van der Waals surface area contributed by atoms with Gasteiger partial charge in [-0.25, -0.2) is 9.97 Å². The van der Waals surface area contributed by atoms with Crippen LogP contribution in [-0.2, 0) is 0 Å². The number of nitrogens with one attached hydrogen (secondary N) is 1. The number of anilines is 2. The van der Waals surface area contributed by atoms with Gasteiger partial charge in [-0.15, -0.1) is 0 Å². The number of aromatic nitrogens is 3. The Bertz CT molecular complexity index is 1120. The van der Waals surface area contributed by atoms with Crippen molar-refractivity contribution in [2.24, 2.45) is 11.8 Å². The quantitative estimate of drug-likeness (QED) is 0.480. The first-order valence-electron chi connectivity index (χ1n) is 11.4. The van der Waals surface area contributed by atoms with Gasteiger partial charge in [-0.05, 0) is 55.8 Å². The molecule has 10 heteroatoms. The van der Waals surface area contributed by atoms with Crippen LogP contribution in [0.4, 0.5) is 10.9 Å². The third-order valence-electron chi connectivity index (χ3n) is 6.77. The van der Waals surface area contributed by atoms with Gasteiger partial charge in [0.15, 0.2) is 10.8 Å². The lowest BCUT2D eigenvalue weighted by Gasteiger charge is -2.46. The largest absolute Gasteiger partial charge is 0.395 e. The van der Waals surface area contributed by atoms with E-state index in [1.54, 1.807) is 23.7 Å². The Kier molecular flexibility index (Phi) is 6.90. The number of β-amino-alcohol motifs (C(OH)–C–C–N with tert-alkyl or cyclic N) is 1. The molecule has 0 saturated carbocycles. The third kappa shape index (κ3) is 4.91. The van der Waals surface area contributed by atoms with Crippen molar-refractivity contribution in [1.82, 2.24) is 19.9 Å². The first kappa shape index (κ1) is 23.1. The van der Waals surface area contributed by atoms with Crippen LogP contribution < -0.4 is 10.2 Å². The average Bonchev–Trinajstić information content (AvgIpc) is 3.18. The van der Waals surface area contributed by atoms with E-state index in [0.717, 1.165) is 59.6 Å². The molecule has 2 aromatic heterocycles. The summed E-state index contributed by atoms with van der Waals surface area (Å²) < 4.78 is 0.958. The van der Waals surface area contributed by atoms with Crippen molar-refractivity contribution in [3.05, 3.63) is 40.1 Å². The van der Waals surface area contributed by atoms with Crippen LogP contribution in [0.1, 0.15) is 31.4 Å². The number of thiazole rings is 1.